The number of allylic oxidation sites excluding steroid dienone is 1. The van der Waals surface area contributed by atoms with E-state index in [-0.39, 0.29) is 12.8 Å². The average Bonchev–Trinajstić information content (AvgIpc) is 2.58. The fourth-order valence-corrected chi connectivity index (χ4v) is 2.69. The van der Waals surface area contributed by atoms with Crippen molar-refractivity contribution in [2.75, 3.05) is 0 Å². The van der Waals surface area contributed by atoms with Gasteiger partial charge in [0.05, 0.1) is 4.34 Å². The SMILES string of the molecule is OC1(c2ccsc2Cl)C=CC(F)(F)CC1. The molecule has 1 aliphatic carbocycles. The van der Waals surface area contributed by atoms with Crippen LogP contribution in [0.3, 0.4) is 0 Å². The lowest BCUT2D eigenvalue weighted by atomic mass is 9.85. The van der Waals surface area contributed by atoms with E-state index in [1.165, 1.54) is 11.3 Å². The normalized spacial score (nSPS) is 29.3. The van der Waals surface area contributed by atoms with Gasteiger partial charge in [0.1, 0.15) is 5.60 Å². The van der Waals surface area contributed by atoms with E-state index >= 15 is 0 Å². The highest BCUT2D eigenvalue weighted by molar-refractivity contribution is 7.14. The Morgan fingerprint density at radius 1 is 1.33 bits per heavy atom. The molecule has 2 rings (SSSR count). The van der Waals surface area contributed by atoms with Crippen molar-refractivity contribution in [1.82, 2.24) is 0 Å². The Hall–Kier alpha value is -0.450. The van der Waals surface area contributed by atoms with E-state index < -0.39 is 11.5 Å². The Kier molecular flexibility index (Phi) is 2.61. The zero-order valence-corrected chi connectivity index (χ0v) is 9.29. The van der Waals surface area contributed by atoms with E-state index in [0.29, 0.717) is 9.90 Å². The summed E-state index contributed by atoms with van der Waals surface area (Å²) in [6.07, 6.45) is 1.54. The Bertz CT molecular complexity index is 402. The summed E-state index contributed by atoms with van der Waals surface area (Å²) >= 11 is 7.15. The van der Waals surface area contributed by atoms with E-state index in [2.05, 4.69) is 0 Å². The highest BCUT2D eigenvalue weighted by atomic mass is 35.5. The smallest absolute Gasteiger partial charge is 0.266 e. The fraction of sp³-hybridized carbons (Fsp3) is 0.400. The summed E-state index contributed by atoms with van der Waals surface area (Å²) in [7, 11) is 0. The third-order valence-corrected chi connectivity index (χ3v) is 3.70. The summed E-state index contributed by atoms with van der Waals surface area (Å²) < 4.78 is 26.2. The molecule has 1 unspecified atom stereocenters. The van der Waals surface area contributed by atoms with Gasteiger partial charge in [-0.15, -0.1) is 11.3 Å². The fourth-order valence-electron chi connectivity index (χ4n) is 1.61. The minimum Gasteiger partial charge on any atom is -0.381 e. The first kappa shape index (κ1) is 11.0. The Labute approximate surface area is 95.0 Å². The van der Waals surface area contributed by atoms with Gasteiger partial charge in [0, 0.05) is 12.0 Å². The molecule has 1 nitrogen and oxygen atoms in total. The van der Waals surface area contributed by atoms with E-state index in [4.69, 9.17) is 11.6 Å². The van der Waals surface area contributed by atoms with Gasteiger partial charge in [-0.3, -0.25) is 0 Å². The Morgan fingerprint density at radius 3 is 2.53 bits per heavy atom. The zero-order valence-electron chi connectivity index (χ0n) is 7.71. The van der Waals surface area contributed by atoms with Crippen molar-refractivity contribution in [3.05, 3.63) is 33.5 Å². The summed E-state index contributed by atoms with van der Waals surface area (Å²) in [6, 6.07) is 1.67. The van der Waals surface area contributed by atoms with Crippen molar-refractivity contribution in [3.8, 4) is 0 Å². The molecule has 0 fully saturated rings. The molecular weight excluding hydrogens is 242 g/mol. The van der Waals surface area contributed by atoms with Crippen molar-refractivity contribution >= 4 is 22.9 Å². The first-order valence-electron chi connectivity index (χ1n) is 4.47. The van der Waals surface area contributed by atoms with Gasteiger partial charge < -0.3 is 5.11 Å². The van der Waals surface area contributed by atoms with Crippen molar-refractivity contribution in [3.63, 3.8) is 0 Å². The van der Waals surface area contributed by atoms with Gasteiger partial charge in [-0.25, -0.2) is 8.78 Å². The molecule has 5 heteroatoms. The van der Waals surface area contributed by atoms with Crippen molar-refractivity contribution < 1.29 is 13.9 Å². The molecule has 1 aliphatic rings. The van der Waals surface area contributed by atoms with Crippen LogP contribution in [0.25, 0.3) is 0 Å². The highest BCUT2D eigenvalue weighted by Crippen LogP contribution is 2.42. The van der Waals surface area contributed by atoms with Crippen molar-refractivity contribution in [1.29, 1.82) is 0 Å². The monoisotopic (exact) mass is 250 g/mol. The molecule has 0 saturated carbocycles. The van der Waals surface area contributed by atoms with E-state index in [9.17, 15) is 13.9 Å². The third-order valence-electron chi connectivity index (χ3n) is 2.53. The number of rotatable bonds is 1. The predicted octanol–water partition coefficient (Wildman–Crippen LogP) is 3.57. The molecule has 0 amide bonds. The van der Waals surface area contributed by atoms with Crippen LogP contribution < -0.4 is 0 Å². The summed E-state index contributed by atoms with van der Waals surface area (Å²) in [5.74, 6) is -2.81. The topological polar surface area (TPSA) is 20.2 Å². The first-order chi connectivity index (χ1) is 6.93. The first-order valence-corrected chi connectivity index (χ1v) is 5.73. The second kappa shape index (κ2) is 3.54. The minimum atomic E-state index is -2.81. The van der Waals surface area contributed by atoms with E-state index in [0.717, 1.165) is 12.2 Å². The lowest BCUT2D eigenvalue weighted by Crippen LogP contribution is -2.31. The average molecular weight is 251 g/mol. The Morgan fingerprint density at radius 2 is 2.07 bits per heavy atom. The van der Waals surface area contributed by atoms with Crippen LogP contribution in [-0.2, 0) is 5.60 Å². The number of alkyl halides is 2. The molecule has 0 spiro atoms. The van der Waals surface area contributed by atoms with Crippen LogP contribution in [0.2, 0.25) is 4.34 Å². The summed E-state index contributed by atoms with van der Waals surface area (Å²) in [4.78, 5) is 0. The van der Waals surface area contributed by atoms with Crippen LogP contribution in [0.15, 0.2) is 23.6 Å². The second-order valence-electron chi connectivity index (χ2n) is 3.63. The molecule has 1 aromatic heterocycles. The van der Waals surface area contributed by atoms with Crippen LogP contribution in [0.5, 0.6) is 0 Å². The molecule has 1 aromatic rings. The molecule has 1 N–H and O–H groups in total. The maximum absolute atomic E-state index is 12.9. The predicted molar refractivity (Wildman–Crippen MR) is 56.5 cm³/mol. The van der Waals surface area contributed by atoms with E-state index in [1.807, 2.05) is 0 Å². The quantitative estimate of drug-likeness (QED) is 0.756. The molecule has 0 bridgehead atoms. The third kappa shape index (κ3) is 2.07. The van der Waals surface area contributed by atoms with Crippen LogP contribution >= 0.6 is 22.9 Å². The molecule has 0 aliphatic heterocycles. The van der Waals surface area contributed by atoms with Crippen LogP contribution in [0, 0.1) is 0 Å². The number of hydrogen-bond donors (Lipinski definition) is 1. The van der Waals surface area contributed by atoms with Gasteiger partial charge >= 0.3 is 0 Å². The van der Waals surface area contributed by atoms with Gasteiger partial charge in [-0.05, 0) is 30.0 Å². The van der Waals surface area contributed by atoms with Gasteiger partial charge in [0.2, 0.25) is 0 Å². The number of hydrogen-bond acceptors (Lipinski definition) is 2. The molecule has 82 valence electrons. The largest absolute Gasteiger partial charge is 0.381 e. The molecule has 1 heterocycles. The van der Waals surface area contributed by atoms with Crippen molar-refractivity contribution in [2.45, 2.75) is 24.4 Å². The molecule has 0 saturated heterocycles. The summed E-state index contributed by atoms with van der Waals surface area (Å²) in [6.45, 7) is 0. The lowest BCUT2D eigenvalue weighted by Gasteiger charge is -2.30. The van der Waals surface area contributed by atoms with Gasteiger partial charge in [0.25, 0.3) is 5.92 Å². The number of halogens is 3. The molecule has 15 heavy (non-hydrogen) atoms. The van der Waals surface area contributed by atoms with Crippen LogP contribution in [-0.4, -0.2) is 11.0 Å². The standard InChI is InChI=1S/C10H9ClF2OS/c11-8-7(1-6-15-8)9(14)2-4-10(12,13)5-3-9/h1-2,4,6,14H,3,5H2. The maximum Gasteiger partial charge on any atom is 0.266 e. The molecule has 1 atom stereocenters. The Balaban J connectivity index is 2.35. The highest BCUT2D eigenvalue weighted by Gasteiger charge is 2.39. The summed E-state index contributed by atoms with van der Waals surface area (Å²) in [5.41, 5.74) is -0.820. The lowest BCUT2D eigenvalue weighted by molar-refractivity contribution is -0.0135. The zero-order chi connectivity index (χ0) is 11.1. The molecular formula is C10H9ClF2OS. The number of thiophene rings is 1. The van der Waals surface area contributed by atoms with Crippen LogP contribution in [0.1, 0.15) is 18.4 Å². The maximum atomic E-state index is 12.9. The van der Waals surface area contributed by atoms with Gasteiger partial charge in [-0.1, -0.05) is 11.6 Å². The van der Waals surface area contributed by atoms with Gasteiger partial charge in [0.15, 0.2) is 0 Å². The van der Waals surface area contributed by atoms with E-state index in [1.54, 1.807) is 11.4 Å². The second-order valence-corrected chi connectivity index (χ2v) is 5.14. The van der Waals surface area contributed by atoms with Crippen LogP contribution in [0.4, 0.5) is 8.78 Å². The van der Waals surface area contributed by atoms with Gasteiger partial charge in [-0.2, -0.15) is 0 Å². The molecule has 0 radical (unpaired) electrons. The molecule has 0 aromatic carbocycles. The number of aliphatic hydroxyl groups is 1. The summed E-state index contributed by atoms with van der Waals surface area (Å²) in [5, 5.41) is 11.9. The van der Waals surface area contributed by atoms with Crippen molar-refractivity contribution in [2.24, 2.45) is 0 Å². The minimum absolute atomic E-state index is 0.00699.